The number of amides is 1. The number of carbonyl (C=O) groups excluding carboxylic acids is 1. The van der Waals surface area contributed by atoms with Crippen LogP contribution in [0.1, 0.15) is 33.6 Å². The van der Waals surface area contributed by atoms with Crippen LogP contribution in [0.15, 0.2) is 0 Å². The summed E-state index contributed by atoms with van der Waals surface area (Å²) in [6, 6.07) is -0.139. The zero-order valence-electron chi connectivity index (χ0n) is 9.54. The summed E-state index contributed by atoms with van der Waals surface area (Å²) in [6.45, 7) is 5.57. The van der Waals surface area contributed by atoms with E-state index >= 15 is 0 Å². The van der Waals surface area contributed by atoms with E-state index in [-0.39, 0.29) is 24.9 Å². The summed E-state index contributed by atoms with van der Waals surface area (Å²) in [7, 11) is 0. The van der Waals surface area contributed by atoms with Gasteiger partial charge in [-0.3, -0.25) is 9.59 Å². The molecule has 0 saturated heterocycles. The molecule has 0 fully saturated rings. The Balaban J connectivity index is 4.01. The molecule has 88 valence electrons. The molecule has 0 aliphatic rings. The highest BCUT2D eigenvalue weighted by Crippen LogP contribution is 2.13. The fourth-order valence-electron chi connectivity index (χ4n) is 0.924. The normalized spacial score (nSPS) is 13.3. The predicted molar refractivity (Wildman–Crippen MR) is 57.3 cm³/mol. The maximum Gasteiger partial charge on any atom is 0.303 e. The van der Waals surface area contributed by atoms with Gasteiger partial charge in [0.2, 0.25) is 5.91 Å². The van der Waals surface area contributed by atoms with Gasteiger partial charge in [-0.25, -0.2) is 0 Å². The number of nitrogens with two attached hydrogens (primary N) is 1. The van der Waals surface area contributed by atoms with Gasteiger partial charge in [0.05, 0.1) is 5.41 Å². The summed E-state index contributed by atoms with van der Waals surface area (Å²) >= 11 is 0. The molecule has 1 atom stereocenters. The van der Waals surface area contributed by atoms with Crippen LogP contribution in [0.3, 0.4) is 0 Å². The minimum absolute atomic E-state index is 0.0600. The number of nitrogens with one attached hydrogen (secondary N) is 1. The fraction of sp³-hybridized carbons (Fsp3) is 0.800. The summed E-state index contributed by atoms with van der Waals surface area (Å²) in [6.07, 6.45) is 0.492. The smallest absolute Gasteiger partial charge is 0.303 e. The van der Waals surface area contributed by atoms with Crippen molar-refractivity contribution >= 4 is 11.9 Å². The lowest BCUT2D eigenvalue weighted by atomic mass is 9.92. The number of aliphatic carboxylic acids is 1. The third kappa shape index (κ3) is 5.37. The third-order valence-corrected chi connectivity index (χ3v) is 2.29. The van der Waals surface area contributed by atoms with Crippen molar-refractivity contribution in [1.82, 2.24) is 5.32 Å². The molecule has 0 aromatic carbocycles. The first-order valence-corrected chi connectivity index (χ1v) is 5.02. The molecule has 0 aliphatic heterocycles. The van der Waals surface area contributed by atoms with E-state index in [2.05, 4.69) is 5.32 Å². The van der Waals surface area contributed by atoms with E-state index in [0.717, 1.165) is 0 Å². The minimum Gasteiger partial charge on any atom is -0.481 e. The van der Waals surface area contributed by atoms with Crippen molar-refractivity contribution in [2.24, 2.45) is 11.1 Å². The zero-order valence-corrected chi connectivity index (χ0v) is 9.54. The summed E-state index contributed by atoms with van der Waals surface area (Å²) in [5, 5.41) is 11.2. The maximum atomic E-state index is 11.6. The van der Waals surface area contributed by atoms with Crippen LogP contribution in [0.4, 0.5) is 0 Å². The molecule has 0 aromatic heterocycles. The van der Waals surface area contributed by atoms with E-state index in [0.29, 0.717) is 6.42 Å². The second-order valence-corrected chi connectivity index (χ2v) is 4.39. The average Bonchev–Trinajstić information content (AvgIpc) is 2.14. The highest BCUT2D eigenvalue weighted by molar-refractivity contribution is 5.82. The molecule has 1 unspecified atom stereocenters. The van der Waals surface area contributed by atoms with Crippen LogP contribution in [-0.4, -0.2) is 29.6 Å². The Bertz CT molecular complexity index is 239. The van der Waals surface area contributed by atoms with E-state index in [1.54, 1.807) is 20.8 Å². The first-order valence-electron chi connectivity index (χ1n) is 5.02. The van der Waals surface area contributed by atoms with E-state index in [9.17, 15) is 9.59 Å². The molecule has 5 heteroatoms. The minimum atomic E-state index is -0.853. The maximum absolute atomic E-state index is 11.6. The zero-order chi connectivity index (χ0) is 12.1. The molecule has 0 saturated carbocycles. The van der Waals surface area contributed by atoms with E-state index < -0.39 is 11.4 Å². The lowest BCUT2D eigenvalue weighted by molar-refractivity contribution is -0.137. The average molecular weight is 216 g/mol. The molecule has 1 amide bonds. The molecule has 4 N–H and O–H groups in total. The molecule has 0 spiro atoms. The van der Waals surface area contributed by atoms with Crippen molar-refractivity contribution in [1.29, 1.82) is 0 Å². The summed E-state index contributed by atoms with van der Waals surface area (Å²) in [4.78, 5) is 21.9. The molecule has 5 nitrogen and oxygen atoms in total. The Hall–Kier alpha value is -1.10. The van der Waals surface area contributed by atoms with Crippen molar-refractivity contribution in [2.75, 3.05) is 6.54 Å². The van der Waals surface area contributed by atoms with Crippen molar-refractivity contribution in [2.45, 2.75) is 39.7 Å². The largest absolute Gasteiger partial charge is 0.481 e. The lowest BCUT2D eigenvalue weighted by Crippen LogP contribution is -2.45. The highest BCUT2D eigenvalue weighted by Gasteiger charge is 2.26. The Kier molecular flexibility index (Phi) is 5.28. The lowest BCUT2D eigenvalue weighted by Gasteiger charge is -2.24. The monoisotopic (exact) mass is 216 g/mol. The van der Waals surface area contributed by atoms with Gasteiger partial charge in [0.1, 0.15) is 0 Å². The number of hydrogen-bond donors (Lipinski definition) is 3. The van der Waals surface area contributed by atoms with Crippen LogP contribution in [0.2, 0.25) is 0 Å². The summed E-state index contributed by atoms with van der Waals surface area (Å²) in [5.41, 5.74) is 4.85. The first-order chi connectivity index (χ1) is 6.79. The van der Waals surface area contributed by atoms with E-state index in [4.69, 9.17) is 10.8 Å². The third-order valence-electron chi connectivity index (χ3n) is 2.29. The second-order valence-electron chi connectivity index (χ2n) is 4.39. The van der Waals surface area contributed by atoms with E-state index in [1.807, 2.05) is 0 Å². The number of carbonyl (C=O) groups is 2. The van der Waals surface area contributed by atoms with Crippen LogP contribution >= 0.6 is 0 Å². The number of carboxylic acids is 1. The van der Waals surface area contributed by atoms with Crippen molar-refractivity contribution < 1.29 is 14.7 Å². The van der Waals surface area contributed by atoms with Crippen LogP contribution in [0, 0.1) is 5.41 Å². The molecular weight excluding hydrogens is 196 g/mol. The van der Waals surface area contributed by atoms with Gasteiger partial charge in [-0.05, 0) is 27.2 Å². The van der Waals surface area contributed by atoms with Gasteiger partial charge in [-0.15, -0.1) is 0 Å². The number of rotatable bonds is 6. The molecule has 0 bridgehead atoms. The molecule has 0 aliphatic carbocycles. The molecule has 15 heavy (non-hydrogen) atoms. The number of carboxylic acid groups (broad SMARTS) is 1. The van der Waals surface area contributed by atoms with Crippen molar-refractivity contribution in [3.63, 3.8) is 0 Å². The predicted octanol–water partition coefficient (Wildman–Crippen LogP) is 0.341. The molecule has 0 rings (SSSR count). The Labute approximate surface area is 90.0 Å². The van der Waals surface area contributed by atoms with Gasteiger partial charge >= 0.3 is 5.97 Å². The standard InChI is InChI=1S/C10H20N2O3/c1-7(4-5-8(13)14)12-9(15)10(2,3)6-11/h7H,4-6,11H2,1-3H3,(H,12,15)(H,13,14). The molecule has 0 aromatic rings. The van der Waals surface area contributed by atoms with Gasteiger partial charge < -0.3 is 16.2 Å². The van der Waals surface area contributed by atoms with Gasteiger partial charge in [0.15, 0.2) is 0 Å². The van der Waals surface area contributed by atoms with E-state index in [1.165, 1.54) is 0 Å². The highest BCUT2D eigenvalue weighted by atomic mass is 16.4. The molecule has 0 heterocycles. The van der Waals surface area contributed by atoms with Gasteiger partial charge in [0, 0.05) is 19.0 Å². The Morgan fingerprint density at radius 2 is 2.00 bits per heavy atom. The fourth-order valence-corrected chi connectivity index (χ4v) is 0.924. The van der Waals surface area contributed by atoms with Crippen LogP contribution in [0.25, 0.3) is 0 Å². The van der Waals surface area contributed by atoms with Gasteiger partial charge in [-0.2, -0.15) is 0 Å². The molecule has 0 radical (unpaired) electrons. The molecular formula is C10H20N2O3. The summed E-state index contributed by atoms with van der Waals surface area (Å²) in [5.74, 6) is -0.989. The SMILES string of the molecule is CC(CCC(=O)O)NC(=O)C(C)(C)CN. The summed E-state index contributed by atoms with van der Waals surface area (Å²) < 4.78 is 0. The van der Waals surface area contributed by atoms with Crippen LogP contribution in [0.5, 0.6) is 0 Å². The number of hydrogen-bond acceptors (Lipinski definition) is 3. The van der Waals surface area contributed by atoms with Crippen molar-refractivity contribution in [3.05, 3.63) is 0 Å². The van der Waals surface area contributed by atoms with Gasteiger partial charge in [-0.1, -0.05) is 0 Å². The van der Waals surface area contributed by atoms with Crippen LogP contribution < -0.4 is 11.1 Å². The van der Waals surface area contributed by atoms with Crippen molar-refractivity contribution in [3.8, 4) is 0 Å². The topological polar surface area (TPSA) is 92.4 Å². The Morgan fingerprint density at radius 1 is 1.47 bits per heavy atom. The quantitative estimate of drug-likeness (QED) is 0.597. The van der Waals surface area contributed by atoms with Crippen LogP contribution in [-0.2, 0) is 9.59 Å². The van der Waals surface area contributed by atoms with Gasteiger partial charge in [0.25, 0.3) is 0 Å². The first kappa shape index (κ1) is 13.9. The second kappa shape index (κ2) is 5.70. The Morgan fingerprint density at radius 3 is 2.40 bits per heavy atom.